The molecule has 1 N–H and O–H groups in total. The van der Waals surface area contributed by atoms with Gasteiger partial charge in [0.2, 0.25) is 11.8 Å². The fourth-order valence-corrected chi connectivity index (χ4v) is 2.11. The van der Waals surface area contributed by atoms with Gasteiger partial charge in [0.1, 0.15) is 6.04 Å². The van der Waals surface area contributed by atoms with Gasteiger partial charge in [0.15, 0.2) is 0 Å². The first kappa shape index (κ1) is 18.2. The Kier molecular flexibility index (Phi) is 7.12. The van der Waals surface area contributed by atoms with Gasteiger partial charge in [0.05, 0.1) is 0 Å². The van der Waals surface area contributed by atoms with Crippen molar-refractivity contribution in [3.8, 4) is 0 Å². The zero-order valence-electron chi connectivity index (χ0n) is 13.3. The summed E-state index contributed by atoms with van der Waals surface area (Å²) in [5, 5.41) is 3.37. The molecule has 120 valence electrons. The van der Waals surface area contributed by atoms with Crippen LogP contribution in [0.5, 0.6) is 0 Å². The van der Waals surface area contributed by atoms with Gasteiger partial charge in [-0.05, 0) is 24.6 Å². The summed E-state index contributed by atoms with van der Waals surface area (Å²) in [4.78, 5) is 26.2. The number of rotatable bonds is 7. The molecule has 0 aliphatic rings. The zero-order valence-corrected chi connectivity index (χ0v) is 14.1. The second-order valence-corrected chi connectivity index (χ2v) is 5.89. The largest absolute Gasteiger partial charge is 0.351 e. The highest BCUT2D eigenvalue weighted by atomic mass is 35.5. The van der Waals surface area contributed by atoms with Gasteiger partial charge in [-0.25, -0.2) is 0 Å². The fourth-order valence-electron chi connectivity index (χ4n) is 1.99. The summed E-state index contributed by atoms with van der Waals surface area (Å²) in [5.41, 5.74) is 0.932. The number of nitrogens with one attached hydrogen (secondary N) is 1. The van der Waals surface area contributed by atoms with E-state index in [2.05, 4.69) is 11.9 Å². The van der Waals surface area contributed by atoms with E-state index in [0.717, 1.165) is 5.56 Å². The van der Waals surface area contributed by atoms with Crippen molar-refractivity contribution in [2.24, 2.45) is 5.92 Å². The van der Waals surface area contributed by atoms with Crippen molar-refractivity contribution in [1.29, 1.82) is 0 Å². The molecule has 1 rings (SSSR count). The number of hydrogen-bond acceptors (Lipinski definition) is 2. The molecule has 0 spiro atoms. The molecule has 0 aliphatic heterocycles. The third kappa shape index (κ3) is 5.19. The molecular weight excluding hydrogens is 300 g/mol. The lowest BCUT2D eigenvalue weighted by molar-refractivity contribution is -0.142. The van der Waals surface area contributed by atoms with E-state index >= 15 is 0 Å². The molecule has 4 nitrogen and oxygen atoms in total. The van der Waals surface area contributed by atoms with E-state index in [4.69, 9.17) is 11.6 Å². The average molecular weight is 323 g/mol. The summed E-state index contributed by atoms with van der Waals surface area (Å²) in [5.74, 6) is -0.430. The number of benzene rings is 1. The monoisotopic (exact) mass is 322 g/mol. The number of amides is 2. The molecule has 0 aliphatic carbocycles. The van der Waals surface area contributed by atoms with Crippen molar-refractivity contribution in [1.82, 2.24) is 10.2 Å². The van der Waals surface area contributed by atoms with Crippen LogP contribution < -0.4 is 5.32 Å². The van der Waals surface area contributed by atoms with Crippen LogP contribution in [-0.4, -0.2) is 29.3 Å². The molecular formula is C17H23ClN2O2. The molecule has 0 fully saturated rings. The van der Waals surface area contributed by atoms with E-state index in [1.165, 1.54) is 0 Å². The Bertz CT molecular complexity index is 526. The lowest BCUT2D eigenvalue weighted by Gasteiger charge is -2.30. The van der Waals surface area contributed by atoms with E-state index in [-0.39, 0.29) is 17.7 Å². The van der Waals surface area contributed by atoms with Crippen molar-refractivity contribution in [2.45, 2.75) is 33.4 Å². The van der Waals surface area contributed by atoms with E-state index in [1.807, 2.05) is 26.0 Å². The van der Waals surface area contributed by atoms with E-state index < -0.39 is 6.04 Å². The van der Waals surface area contributed by atoms with Crippen molar-refractivity contribution >= 4 is 23.4 Å². The van der Waals surface area contributed by atoms with Crippen molar-refractivity contribution in [3.63, 3.8) is 0 Å². The second-order valence-electron chi connectivity index (χ2n) is 5.46. The minimum absolute atomic E-state index is 0.0591. The number of halogens is 1. The third-order valence-corrected chi connectivity index (χ3v) is 3.56. The predicted molar refractivity (Wildman–Crippen MR) is 89.5 cm³/mol. The summed E-state index contributed by atoms with van der Waals surface area (Å²) in [6.45, 7) is 9.70. The van der Waals surface area contributed by atoms with Crippen molar-refractivity contribution < 1.29 is 9.59 Å². The van der Waals surface area contributed by atoms with E-state index in [1.54, 1.807) is 30.0 Å². The molecule has 0 heterocycles. The maximum Gasteiger partial charge on any atom is 0.242 e. The van der Waals surface area contributed by atoms with Crippen LogP contribution in [0.1, 0.15) is 26.3 Å². The maximum atomic E-state index is 12.4. The Morgan fingerprint density at radius 2 is 1.86 bits per heavy atom. The lowest BCUT2D eigenvalue weighted by Crippen LogP contribution is -2.48. The van der Waals surface area contributed by atoms with Crippen molar-refractivity contribution in [3.05, 3.63) is 47.5 Å². The van der Waals surface area contributed by atoms with Crippen LogP contribution in [-0.2, 0) is 16.1 Å². The third-order valence-electron chi connectivity index (χ3n) is 3.31. The molecule has 0 saturated carbocycles. The highest BCUT2D eigenvalue weighted by Gasteiger charge is 2.27. The van der Waals surface area contributed by atoms with Crippen LogP contribution in [0, 0.1) is 5.92 Å². The molecule has 5 heteroatoms. The summed E-state index contributed by atoms with van der Waals surface area (Å²) in [6, 6.07) is 6.72. The number of nitrogens with zero attached hydrogens (tertiary/aromatic N) is 1. The molecule has 0 unspecified atom stereocenters. The van der Waals surface area contributed by atoms with Crippen LogP contribution in [0.25, 0.3) is 0 Å². The standard InChI is InChI=1S/C17H23ClN2O2/c1-5-10-19-16(21)13(4)20(17(22)12(2)3)11-14-6-8-15(18)9-7-14/h5-9,12-13H,1,10-11H2,2-4H3,(H,19,21)/t13-/m0/s1. The molecule has 2 amide bonds. The van der Waals surface area contributed by atoms with Crippen LogP contribution >= 0.6 is 11.6 Å². The zero-order chi connectivity index (χ0) is 16.7. The number of hydrogen-bond donors (Lipinski definition) is 1. The average Bonchev–Trinajstić information content (AvgIpc) is 2.50. The lowest BCUT2D eigenvalue weighted by atomic mass is 10.1. The SMILES string of the molecule is C=CCNC(=O)[C@H](C)N(Cc1ccc(Cl)cc1)C(=O)C(C)C. The summed E-state index contributed by atoms with van der Waals surface area (Å²) in [7, 11) is 0. The Hall–Kier alpha value is -1.81. The minimum atomic E-state index is -0.550. The number of carbonyl (C=O) groups is 2. The molecule has 0 aromatic heterocycles. The Labute approximate surface area is 137 Å². The van der Waals surface area contributed by atoms with E-state index in [9.17, 15) is 9.59 Å². The Morgan fingerprint density at radius 1 is 1.27 bits per heavy atom. The summed E-state index contributed by atoms with van der Waals surface area (Å²) < 4.78 is 0. The number of carbonyl (C=O) groups excluding carboxylic acids is 2. The molecule has 0 saturated heterocycles. The smallest absolute Gasteiger partial charge is 0.242 e. The molecule has 0 radical (unpaired) electrons. The van der Waals surface area contributed by atoms with Gasteiger partial charge in [-0.1, -0.05) is 43.7 Å². The second kappa shape index (κ2) is 8.59. The molecule has 0 bridgehead atoms. The summed E-state index contributed by atoms with van der Waals surface area (Å²) >= 11 is 5.88. The van der Waals surface area contributed by atoms with Gasteiger partial charge in [-0.2, -0.15) is 0 Å². The van der Waals surface area contributed by atoms with Gasteiger partial charge in [0, 0.05) is 24.0 Å². The molecule has 1 aromatic rings. The Morgan fingerprint density at radius 3 is 2.36 bits per heavy atom. The minimum Gasteiger partial charge on any atom is -0.351 e. The summed E-state index contributed by atoms with van der Waals surface area (Å²) in [6.07, 6.45) is 1.61. The normalized spacial score (nSPS) is 11.9. The quantitative estimate of drug-likeness (QED) is 0.784. The Balaban J connectivity index is 2.92. The van der Waals surface area contributed by atoms with Gasteiger partial charge in [-0.15, -0.1) is 6.58 Å². The topological polar surface area (TPSA) is 49.4 Å². The van der Waals surface area contributed by atoms with Gasteiger partial charge >= 0.3 is 0 Å². The molecule has 1 aromatic carbocycles. The van der Waals surface area contributed by atoms with Crippen molar-refractivity contribution in [2.75, 3.05) is 6.54 Å². The highest BCUT2D eigenvalue weighted by molar-refractivity contribution is 6.30. The van der Waals surface area contributed by atoms with E-state index in [0.29, 0.717) is 18.1 Å². The first-order valence-corrected chi connectivity index (χ1v) is 7.68. The van der Waals surface area contributed by atoms with Crippen LogP contribution in [0.15, 0.2) is 36.9 Å². The maximum absolute atomic E-state index is 12.4. The van der Waals surface area contributed by atoms with Gasteiger partial charge in [-0.3, -0.25) is 9.59 Å². The van der Waals surface area contributed by atoms with Crippen LogP contribution in [0.4, 0.5) is 0 Å². The van der Waals surface area contributed by atoms with Crippen LogP contribution in [0.3, 0.4) is 0 Å². The van der Waals surface area contributed by atoms with Gasteiger partial charge < -0.3 is 10.2 Å². The first-order chi connectivity index (χ1) is 10.4. The first-order valence-electron chi connectivity index (χ1n) is 7.30. The highest BCUT2D eigenvalue weighted by Crippen LogP contribution is 2.15. The fraction of sp³-hybridized carbons (Fsp3) is 0.412. The predicted octanol–water partition coefficient (Wildman–Crippen LogP) is 3.02. The van der Waals surface area contributed by atoms with Crippen LogP contribution in [0.2, 0.25) is 5.02 Å². The molecule has 1 atom stereocenters. The molecule has 22 heavy (non-hydrogen) atoms. The van der Waals surface area contributed by atoms with Gasteiger partial charge in [0.25, 0.3) is 0 Å².